The van der Waals surface area contributed by atoms with Crippen LogP contribution >= 0.6 is 0 Å². The number of H-pyrrole nitrogens is 1. The maximum absolute atomic E-state index is 4.84. The fraction of sp³-hybridized carbons (Fsp3) is 0.208. The van der Waals surface area contributed by atoms with Gasteiger partial charge in [0.15, 0.2) is 11.5 Å². The van der Waals surface area contributed by atoms with E-state index >= 15 is 0 Å². The van der Waals surface area contributed by atoms with Crippen molar-refractivity contribution in [1.29, 1.82) is 0 Å². The van der Waals surface area contributed by atoms with Crippen molar-refractivity contribution in [2.75, 3.05) is 0 Å². The van der Waals surface area contributed by atoms with Crippen molar-refractivity contribution in [2.24, 2.45) is 0 Å². The molecule has 0 amide bonds. The van der Waals surface area contributed by atoms with E-state index in [0.717, 1.165) is 58.6 Å². The van der Waals surface area contributed by atoms with Gasteiger partial charge in [-0.1, -0.05) is 55.5 Å². The third-order valence-electron chi connectivity index (χ3n) is 5.41. The number of hydrogen-bond donors (Lipinski definition) is 1. The number of fused-ring (bicyclic) bond motifs is 1. The molecule has 7 nitrogen and oxygen atoms in total. The fourth-order valence-corrected chi connectivity index (χ4v) is 3.93. The van der Waals surface area contributed by atoms with Crippen LogP contribution in [0.3, 0.4) is 0 Å². The standard InChI is InChI=1S/C24H23N7/c1-3-6-22-26-21-13-16(2)14-25-24(21)31(22)15-17-9-11-18(12-10-17)19-7-4-5-8-20(19)23-27-29-30-28-23/h4-5,7-14H,3,6,15H2,1-2H3,(H,27,28,29,30). The Bertz CT molecular complexity index is 1320. The highest BCUT2D eigenvalue weighted by molar-refractivity contribution is 5.80. The summed E-state index contributed by atoms with van der Waals surface area (Å²) in [4.78, 5) is 9.51. The van der Waals surface area contributed by atoms with Gasteiger partial charge >= 0.3 is 0 Å². The Hall–Kier alpha value is -3.87. The normalized spacial score (nSPS) is 11.3. The van der Waals surface area contributed by atoms with Crippen LogP contribution in [-0.2, 0) is 13.0 Å². The molecule has 0 spiro atoms. The zero-order valence-electron chi connectivity index (χ0n) is 17.6. The Labute approximate surface area is 180 Å². The van der Waals surface area contributed by atoms with Gasteiger partial charge in [-0.2, -0.15) is 0 Å². The molecule has 0 aliphatic carbocycles. The van der Waals surface area contributed by atoms with Crippen molar-refractivity contribution in [1.82, 2.24) is 35.2 Å². The largest absolute Gasteiger partial charge is 0.308 e. The molecule has 0 radical (unpaired) electrons. The van der Waals surface area contributed by atoms with E-state index in [1.807, 2.05) is 24.4 Å². The van der Waals surface area contributed by atoms with Crippen molar-refractivity contribution in [3.8, 4) is 22.5 Å². The summed E-state index contributed by atoms with van der Waals surface area (Å²) >= 11 is 0. The summed E-state index contributed by atoms with van der Waals surface area (Å²) < 4.78 is 2.24. The molecule has 0 aliphatic rings. The smallest absolute Gasteiger partial charge is 0.180 e. The second-order valence-corrected chi connectivity index (χ2v) is 7.71. The minimum atomic E-state index is 0.662. The minimum absolute atomic E-state index is 0.662. The van der Waals surface area contributed by atoms with Gasteiger partial charge in [0.2, 0.25) is 0 Å². The predicted molar refractivity (Wildman–Crippen MR) is 120 cm³/mol. The van der Waals surface area contributed by atoms with Crippen LogP contribution in [0.2, 0.25) is 0 Å². The molecule has 0 bridgehead atoms. The van der Waals surface area contributed by atoms with Crippen LogP contribution < -0.4 is 0 Å². The quantitative estimate of drug-likeness (QED) is 0.443. The molecule has 5 rings (SSSR count). The Morgan fingerprint density at radius 1 is 1.00 bits per heavy atom. The van der Waals surface area contributed by atoms with Crippen molar-refractivity contribution in [3.63, 3.8) is 0 Å². The maximum Gasteiger partial charge on any atom is 0.180 e. The van der Waals surface area contributed by atoms with Crippen LogP contribution in [0.1, 0.15) is 30.3 Å². The lowest BCUT2D eigenvalue weighted by Gasteiger charge is -2.11. The maximum atomic E-state index is 4.84. The van der Waals surface area contributed by atoms with E-state index < -0.39 is 0 Å². The molecule has 2 aromatic carbocycles. The summed E-state index contributed by atoms with van der Waals surface area (Å²) in [6.45, 7) is 4.98. The molecule has 0 aliphatic heterocycles. The monoisotopic (exact) mass is 409 g/mol. The van der Waals surface area contributed by atoms with Crippen molar-refractivity contribution in [2.45, 2.75) is 33.2 Å². The van der Waals surface area contributed by atoms with E-state index in [-0.39, 0.29) is 0 Å². The average Bonchev–Trinajstić information content (AvgIpc) is 3.43. The highest BCUT2D eigenvalue weighted by Gasteiger charge is 2.13. The van der Waals surface area contributed by atoms with Crippen molar-refractivity contribution >= 4 is 11.2 Å². The van der Waals surface area contributed by atoms with Gasteiger partial charge in [0.25, 0.3) is 0 Å². The molecule has 0 fully saturated rings. The van der Waals surface area contributed by atoms with Gasteiger partial charge in [0, 0.05) is 18.2 Å². The molecule has 7 heteroatoms. The number of benzene rings is 2. The second kappa shape index (κ2) is 8.10. The summed E-state index contributed by atoms with van der Waals surface area (Å²) in [7, 11) is 0. The lowest BCUT2D eigenvalue weighted by atomic mass is 9.98. The zero-order valence-corrected chi connectivity index (χ0v) is 17.6. The first kappa shape index (κ1) is 19.1. The van der Waals surface area contributed by atoms with E-state index in [2.05, 4.69) is 80.4 Å². The first-order valence-electron chi connectivity index (χ1n) is 10.5. The van der Waals surface area contributed by atoms with Crippen LogP contribution in [0.25, 0.3) is 33.7 Å². The van der Waals surface area contributed by atoms with Gasteiger partial charge in [0.05, 0.1) is 6.54 Å². The third-order valence-corrected chi connectivity index (χ3v) is 5.41. The highest BCUT2D eigenvalue weighted by Crippen LogP contribution is 2.30. The number of tetrazole rings is 1. The Morgan fingerprint density at radius 2 is 1.81 bits per heavy atom. The number of rotatable bonds is 6. The SMILES string of the molecule is CCCc1nc2cc(C)cnc2n1Cc1ccc(-c2ccccc2-c2nnn[nH]2)cc1. The van der Waals surface area contributed by atoms with Gasteiger partial charge in [-0.25, -0.2) is 15.1 Å². The van der Waals surface area contributed by atoms with E-state index in [9.17, 15) is 0 Å². The number of aromatic amines is 1. The number of aryl methyl sites for hydroxylation is 2. The molecule has 31 heavy (non-hydrogen) atoms. The van der Waals surface area contributed by atoms with E-state index in [0.29, 0.717) is 5.82 Å². The van der Waals surface area contributed by atoms with E-state index in [1.165, 1.54) is 5.56 Å². The molecule has 0 unspecified atom stereocenters. The Kier molecular flexibility index (Phi) is 5.00. The topological polar surface area (TPSA) is 85.2 Å². The molecular weight excluding hydrogens is 386 g/mol. The van der Waals surface area contributed by atoms with E-state index in [1.54, 1.807) is 0 Å². The fourth-order valence-electron chi connectivity index (χ4n) is 3.93. The predicted octanol–water partition coefficient (Wildman–Crippen LogP) is 4.59. The first-order valence-corrected chi connectivity index (χ1v) is 10.5. The molecular formula is C24H23N7. The van der Waals surface area contributed by atoms with E-state index in [4.69, 9.17) is 4.98 Å². The van der Waals surface area contributed by atoms with Gasteiger partial charge in [-0.15, -0.1) is 5.10 Å². The number of hydrogen-bond acceptors (Lipinski definition) is 5. The molecule has 0 atom stereocenters. The summed E-state index contributed by atoms with van der Waals surface area (Å²) in [5.74, 6) is 1.75. The lowest BCUT2D eigenvalue weighted by Crippen LogP contribution is -2.06. The number of nitrogens with one attached hydrogen (secondary N) is 1. The van der Waals surface area contributed by atoms with Gasteiger partial charge in [-0.3, -0.25) is 0 Å². The molecule has 5 aromatic rings. The highest BCUT2D eigenvalue weighted by atomic mass is 15.5. The molecule has 1 N–H and O–H groups in total. The van der Waals surface area contributed by atoms with Crippen LogP contribution in [0, 0.1) is 6.92 Å². The third kappa shape index (κ3) is 3.70. The van der Waals surface area contributed by atoms with Gasteiger partial charge in [0.1, 0.15) is 11.3 Å². The van der Waals surface area contributed by atoms with Crippen LogP contribution in [0.5, 0.6) is 0 Å². The molecule has 0 saturated carbocycles. The van der Waals surface area contributed by atoms with Crippen molar-refractivity contribution < 1.29 is 0 Å². The van der Waals surface area contributed by atoms with Gasteiger partial charge < -0.3 is 4.57 Å². The molecule has 154 valence electrons. The minimum Gasteiger partial charge on any atom is -0.308 e. The lowest BCUT2D eigenvalue weighted by molar-refractivity contribution is 0.716. The summed E-state index contributed by atoms with van der Waals surface area (Å²) in [5.41, 5.74) is 7.44. The summed E-state index contributed by atoms with van der Waals surface area (Å²) in [6.07, 6.45) is 3.90. The second-order valence-electron chi connectivity index (χ2n) is 7.71. The Balaban J connectivity index is 1.48. The summed E-state index contributed by atoms with van der Waals surface area (Å²) in [5, 5.41) is 14.3. The molecule has 3 aromatic heterocycles. The molecule has 3 heterocycles. The number of imidazole rings is 1. The van der Waals surface area contributed by atoms with Crippen LogP contribution in [-0.4, -0.2) is 35.2 Å². The number of aromatic nitrogens is 7. The molecule has 0 saturated heterocycles. The van der Waals surface area contributed by atoms with Crippen LogP contribution in [0.4, 0.5) is 0 Å². The van der Waals surface area contributed by atoms with Crippen LogP contribution in [0.15, 0.2) is 60.8 Å². The Morgan fingerprint density at radius 3 is 2.55 bits per heavy atom. The van der Waals surface area contributed by atoms with Crippen molar-refractivity contribution in [3.05, 3.63) is 77.7 Å². The number of pyridine rings is 1. The summed E-state index contributed by atoms with van der Waals surface area (Å²) in [6, 6.07) is 18.9. The van der Waals surface area contributed by atoms with Gasteiger partial charge in [-0.05, 0) is 52.1 Å². The zero-order chi connectivity index (χ0) is 21.2. The average molecular weight is 409 g/mol. The number of nitrogens with zero attached hydrogens (tertiary/aromatic N) is 6. The first-order chi connectivity index (χ1) is 15.2.